The predicted octanol–water partition coefficient (Wildman–Crippen LogP) is 2.53. The van der Waals surface area contributed by atoms with E-state index in [1.807, 2.05) is 13.0 Å². The zero-order valence-electron chi connectivity index (χ0n) is 13.6. The van der Waals surface area contributed by atoms with Gasteiger partial charge in [0.25, 0.3) is 0 Å². The standard InChI is InChI=1S/C17H29N3O/c1-12-10-19-9-5-4-6-15(19)11-20(12)17(14(3)18)16-8-7-13(2)21-16/h7-8,12,14-15,17H,4-6,9-11,18H2,1-3H3. The van der Waals surface area contributed by atoms with Gasteiger partial charge in [0.1, 0.15) is 11.5 Å². The van der Waals surface area contributed by atoms with Gasteiger partial charge in [-0.25, -0.2) is 0 Å². The summed E-state index contributed by atoms with van der Waals surface area (Å²) < 4.78 is 5.91. The number of hydrogen-bond acceptors (Lipinski definition) is 4. The molecule has 0 amide bonds. The maximum atomic E-state index is 6.32. The molecule has 0 aliphatic carbocycles. The van der Waals surface area contributed by atoms with Gasteiger partial charge in [0.15, 0.2) is 0 Å². The Morgan fingerprint density at radius 2 is 2.10 bits per heavy atom. The van der Waals surface area contributed by atoms with Crippen LogP contribution in [0.25, 0.3) is 0 Å². The lowest BCUT2D eigenvalue weighted by molar-refractivity contribution is -0.0181. The largest absolute Gasteiger partial charge is 0.465 e. The number of furan rings is 1. The van der Waals surface area contributed by atoms with Gasteiger partial charge in [-0.05, 0) is 52.3 Å². The molecule has 0 radical (unpaired) electrons. The van der Waals surface area contributed by atoms with E-state index in [2.05, 4.69) is 29.7 Å². The number of nitrogens with zero attached hydrogens (tertiary/aromatic N) is 2. The summed E-state index contributed by atoms with van der Waals surface area (Å²) in [6.07, 6.45) is 4.05. The highest BCUT2D eigenvalue weighted by atomic mass is 16.3. The van der Waals surface area contributed by atoms with Gasteiger partial charge in [-0.3, -0.25) is 9.80 Å². The van der Waals surface area contributed by atoms with E-state index in [9.17, 15) is 0 Å². The van der Waals surface area contributed by atoms with Gasteiger partial charge in [0.05, 0.1) is 6.04 Å². The number of fused-ring (bicyclic) bond motifs is 1. The van der Waals surface area contributed by atoms with E-state index < -0.39 is 0 Å². The maximum Gasteiger partial charge on any atom is 0.122 e. The van der Waals surface area contributed by atoms with Crippen LogP contribution in [-0.4, -0.2) is 47.6 Å². The molecule has 4 heteroatoms. The molecule has 4 atom stereocenters. The number of nitrogens with two attached hydrogens (primary N) is 1. The first-order valence-electron chi connectivity index (χ1n) is 8.38. The van der Waals surface area contributed by atoms with Gasteiger partial charge in [-0.1, -0.05) is 6.42 Å². The fourth-order valence-corrected chi connectivity index (χ4v) is 4.10. The fourth-order valence-electron chi connectivity index (χ4n) is 4.10. The molecule has 2 saturated heterocycles. The minimum atomic E-state index is 0.0770. The van der Waals surface area contributed by atoms with E-state index in [0.29, 0.717) is 12.1 Å². The molecule has 1 aromatic rings. The second kappa shape index (κ2) is 6.11. The maximum absolute atomic E-state index is 6.32. The second-order valence-electron chi connectivity index (χ2n) is 6.94. The van der Waals surface area contributed by atoms with Crippen LogP contribution < -0.4 is 5.73 Å². The summed E-state index contributed by atoms with van der Waals surface area (Å²) in [5, 5.41) is 0. The van der Waals surface area contributed by atoms with E-state index in [1.165, 1.54) is 25.8 Å². The van der Waals surface area contributed by atoms with E-state index in [-0.39, 0.29) is 12.1 Å². The minimum absolute atomic E-state index is 0.0770. The van der Waals surface area contributed by atoms with Gasteiger partial charge in [-0.15, -0.1) is 0 Å². The zero-order valence-corrected chi connectivity index (χ0v) is 13.6. The van der Waals surface area contributed by atoms with E-state index in [0.717, 1.165) is 24.6 Å². The molecule has 3 heterocycles. The quantitative estimate of drug-likeness (QED) is 0.929. The minimum Gasteiger partial charge on any atom is -0.465 e. The Morgan fingerprint density at radius 1 is 1.29 bits per heavy atom. The number of piperidine rings is 1. The van der Waals surface area contributed by atoms with Crippen LogP contribution in [0, 0.1) is 6.92 Å². The van der Waals surface area contributed by atoms with Crippen LogP contribution in [0.1, 0.15) is 50.7 Å². The lowest BCUT2D eigenvalue weighted by atomic mass is 9.94. The summed E-state index contributed by atoms with van der Waals surface area (Å²) in [5.74, 6) is 2.00. The van der Waals surface area contributed by atoms with Crippen LogP contribution in [0.5, 0.6) is 0 Å². The van der Waals surface area contributed by atoms with Crippen LogP contribution in [-0.2, 0) is 0 Å². The van der Waals surface area contributed by atoms with Crippen LogP contribution in [0.4, 0.5) is 0 Å². The first kappa shape index (κ1) is 15.1. The molecule has 0 spiro atoms. The Balaban J connectivity index is 1.81. The molecular weight excluding hydrogens is 262 g/mol. The van der Waals surface area contributed by atoms with E-state index >= 15 is 0 Å². The zero-order chi connectivity index (χ0) is 15.0. The SMILES string of the molecule is Cc1ccc(C(C(C)N)N2CC3CCCCN3CC2C)o1. The lowest BCUT2D eigenvalue weighted by Crippen LogP contribution is -2.60. The summed E-state index contributed by atoms with van der Waals surface area (Å²) in [7, 11) is 0. The van der Waals surface area contributed by atoms with Gasteiger partial charge in [-0.2, -0.15) is 0 Å². The summed E-state index contributed by atoms with van der Waals surface area (Å²) in [6.45, 7) is 9.98. The summed E-state index contributed by atoms with van der Waals surface area (Å²) in [6, 6.07) is 5.65. The third-order valence-corrected chi connectivity index (χ3v) is 5.14. The third kappa shape index (κ3) is 3.03. The summed E-state index contributed by atoms with van der Waals surface area (Å²) in [4.78, 5) is 5.26. The van der Waals surface area contributed by atoms with Crippen molar-refractivity contribution in [1.29, 1.82) is 0 Å². The van der Waals surface area contributed by atoms with E-state index in [4.69, 9.17) is 10.2 Å². The van der Waals surface area contributed by atoms with Crippen molar-refractivity contribution in [3.05, 3.63) is 23.7 Å². The first-order valence-corrected chi connectivity index (χ1v) is 8.38. The molecule has 2 fully saturated rings. The van der Waals surface area contributed by atoms with E-state index in [1.54, 1.807) is 0 Å². The van der Waals surface area contributed by atoms with Gasteiger partial charge < -0.3 is 10.2 Å². The van der Waals surface area contributed by atoms with Crippen molar-refractivity contribution in [3.63, 3.8) is 0 Å². The predicted molar refractivity (Wildman–Crippen MR) is 85.2 cm³/mol. The molecule has 2 aliphatic heterocycles. The molecule has 21 heavy (non-hydrogen) atoms. The van der Waals surface area contributed by atoms with Crippen molar-refractivity contribution in [2.24, 2.45) is 5.73 Å². The number of aryl methyl sites for hydroxylation is 1. The van der Waals surface area contributed by atoms with Crippen molar-refractivity contribution in [2.75, 3.05) is 19.6 Å². The number of rotatable bonds is 3. The molecule has 0 bridgehead atoms. The molecule has 2 N–H and O–H groups in total. The average Bonchev–Trinajstić information content (AvgIpc) is 2.85. The molecule has 0 aromatic carbocycles. The van der Waals surface area contributed by atoms with Crippen LogP contribution >= 0.6 is 0 Å². The summed E-state index contributed by atoms with van der Waals surface area (Å²) >= 11 is 0. The van der Waals surface area contributed by atoms with Crippen LogP contribution in [0.15, 0.2) is 16.5 Å². The average molecular weight is 291 g/mol. The fraction of sp³-hybridized carbons (Fsp3) is 0.765. The molecule has 3 rings (SSSR count). The van der Waals surface area contributed by atoms with Crippen molar-refractivity contribution >= 4 is 0 Å². The Labute approximate surface area is 128 Å². The summed E-state index contributed by atoms with van der Waals surface area (Å²) in [5.41, 5.74) is 6.32. The van der Waals surface area contributed by atoms with Crippen LogP contribution in [0.2, 0.25) is 0 Å². The van der Waals surface area contributed by atoms with Crippen molar-refractivity contribution in [3.8, 4) is 0 Å². The van der Waals surface area contributed by atoms with Gasteiger partial charge >= 0.3 is 0 Å². The Bertz CT molecular complexity index is 470. The molecule has 0 saturated carbocycles. The molecule has 1 aromatic heterocycles. The molecular formula is C17H29N3O. The Hall–Kier alpha value is -0.840. The second-order valence-corrected chi connectivity index (χ2v) is 6.94. The highest BCUT2D eigenvalue weighted by Gasteiger charge is 2.38. The highest BCUT2D eigenvalue weighted by Crippen LogP contribution is 2.33. The van der Waals surface area contributed by atoms with Crippen molar-refractivity contribution < 1.29 is 4.42 Å². The molecule has 4 unspecified atom stereocenters. The van der Waals surface area contributed by atoms with Crippen molar-refractivity contribution in [1.82, 2.24) is 9.80 Å². The topological polar surface area (TPSA) is 45.6 Å². The lowest BCUT2D eigenvalue weighted by Gasteiger charge is -2.50. The molecule has 118 valence electrons. The molecule has 2 aliphatic rings. The van der Waals surface area contributed by atoms with Gasteiger partial charge in [0.2, 0.25) is 0 Å². The first-order chi connectivity index (χ1) is 10.1. The normalized spacial score (nSPS) is 30.9. The van der Waals surface area contributed by atoms with Crippen LogP contribution in [0.3, 0.4) is 0 Å². The highest BCUT2D eigenvalue weighted by molar-refractivity contribution is 5.13. The number of hydrogen-bond donors (Lipinski definition) is 1. The number of piperazine rings is 1. The monoisotopic (exact) mass is 291 g/mol. The molecule has 4 nitrogen and oxygen atoms in total. The third-order valence-electron chi connectivity index (χ3n) is 5.14. The smallest absolute Gasteiger partial charge is 0.122 e. The Morgan fingerprint density at radius 3 is 2.76 bits per heavy atom. The van der Waals surface area contributed by atoms with Gasteiger partial charge in [0, 0.05) is 31.2 Å². The Kier molecular flexibility index (Phi) is 4.38. The van der Waals surface area contributed by atoms with Crippen molar-refractivity contribution in [2.45, 2.75) is 64.2 Å².